The Bertz CT molecular complexity index is 1130. The van der Waals surface area contributed by atoms with Crippen molar-refractivity contribution in [3.63, 3.8) is 0 Å². The van der Waals surface area contributed by atoms with Gasteiger partial charge >= 0.3 is 0 Å². The zero-order valence-corrected chi connectivity index (χ0v) is 15.4. The third kappa shape index (κ3) is 3.57. The maximum Gasteiger partial charge on any atom is 0.240 e. The van der Waals surface area contributed by atoms with Gasteiger partial charge in [0, 0.05) is 23.5 Å². The smallest absolute Gasteiger partial charge is 0.240 e. The SMILES string of the molecule is C=C(Nc1ccc(-c2ccn3nc(N)nc3c2)cc1)[C@H](C)c1ccc(F)cc1. The van der Waals surface area contributed by atoms with E-state index in [4.69, 9.17) is 5.73 Å². The Morgan fingerprint density at radius 1 is 1.07 bits per heavy atom. The van der Waals surface area contributed by atoms with Crippen LogP contribution in [0.15, 0.2) is 79.1 Å². The van der Waals surface area contributed by atoms with Crippen molar-refractivity contribution >= 4 is 17.3 Å². The Morgan fingerprint density at radius 3 is 2.50 bits per heavy atom. The largest absolute Gasteiger partial charge is 0.366 e. The quantitative estimate of drug-likeness (QED) is 0.525. The van der Waals surface area contributed by atoms with Crippen LogP contribution in [-0.4, -0.2) is 14.6 Å². The zero-order valence-electron chi connectivity index (χ0n) is 15.4. The minimum Gasteiger partial charge on any atom is -0.366 e. The zero-order chi connectivity index (χ0) is 19.7. The molecular formula is C22H20FN5. The number of aromatic nitrogens is 3. The van der Waals surface area contributed by atoms with Crippen LogP contribution in [-0.2, 0) is 0 Å². The average Bonchev–Trinajstić information content (AvgIpc) is 3.07. The highest BCUT2D eigenvalue weighted by Crippen LogP contribution is 2.27. The third-order valence-corrected chi connectivity index (χ3v) is 4.77. The highest BCUT2D eigenvalue weighted by molar-refractivity contribution is 5.69. The van der Waals surface area contributed by atoms with Gasteiger partial charge in [-0.05, 0) is 53.1 Å². The molecule has 3 N–H and O–H groups in total. The van der Waals surface area contributed by atoms with Gasteiger partial charge in [0.05, 0.1) is 0 Å². The van der Waals surface area contributed by atoms with Gasteiger partial charge in [0.25, 0.3) is 0 Å². The van der Waals surface area contributed by atoms with Crippen LogP contribution in [0.5, 0.6) is 0 Å². The van der Waals surface area contributed by atoms with Crippen molar-refractivity contribution in [3.05, 3.63) is 90.5 Å². The summed E-state index contributed by atoms with van der Waals surface area (Å²) < 4.78 is 14.8. The molecule has 6 heteroatoms. The number of halogens is 1. The minimum absolute atomic E-state index is 0.0566. The predicted molar refractivity (Wildman–Crippen MR) is 110 cm³/mol. The average molecular weight is 373 g/mol. The van der Waals surface area contributed by atoms with E-state index in [9.17, 15) is 4.39 Å². The molecule has 0 fully saturated rings. The molecule has 2 aromatic carbocycles. The normalized spacial score (nSPS) is 12.1. The van der Waals surface area contributed by atoms with E-state index in [1.807, 2.05) is 49.5 Å². The van der Waals surface area contributed by atoms with Gasteiger partial charge in [-0.3, -0.25) is 0 Å². The molecule has 0 aliphatic carbocycles. The van der Waals surface area contributed by atoms with Crippen LogP contribution < -0.4 is 11.1 Å². The summed E-state index contributed by atoms with van der Waals surface area (Å²) in [7, 11) is 0. The standard InChI is InChI=1S/C22H20FN5/c1-14(16-3-7-19(23)8-4-16)15(2)25-20-9-5-17(6-10-20)18-11-12-28-21(13-18)26-22(24)27-28/h3-14,25H,2H2,1H3,(H2,24,27)/t14-/m0/s1. The summed E-state index contributed by atoms with van der Waals surface area (Å²) in [5.41, 5.74) is 11.2. The second kappa shape index (κ2) is 7.15. The van der Waals surface area contributed by atoms with E-state index in [2.05, 4.69) is 22.0 Å². The van der Waals surface area contributed by atoms with Crippen LogP contribution in [0.3, 0.4) is 0 Å². The van der Waals surface area contributed by atoms with Gasteiger partial charge in [-0.15, -0.1) is 5.10 Å². The van der Waals surface area contributed by atoms with Crippen molar-refractivity contribution in [1.29, 1.82) is 0 Å². The Morgan fingerprint density at radius 2 is 1.79 bits per heavy atom. The second-order valence-electron chi connectivity index (χ2n) is 6.69. The lowest BCUT2D eigenvalue weighted by Crippen LogP contribution is -2.06. The summed E-state index contributed by atoms with van der Waals surface area (Å²) in [5, 5.41) is 7.42. The first-order chi connectivity index (χ1) is 13.5. The predicted octanol–water partition coefficient (Wildman–Crippen LogP) is 4.85. The first-order valence-electron chi connectivity index (χ1n) is 8.93. The molecule has 0 spiro atoms. The Kier molecular flexibility index (Phi) is 4.53. The molecule has 0 bridgehead atoms. The summed E-state index contributed by atoms with van der Waals surface area (Å²) in [4.78, 5) is 4.19. The van der Waals surface area contributed by atoms with E-state index in [0.717, 1.165) is 28.1 Å². The second-order valence-corrected chi connectivity index (χ2v) is 6.69. The van der Waals surface area contributed by atoms with Crippen molar-refractivity contribution in [2.24, 2.45) is 0 Å². The molecule has 0 unspecified atom stereocenters. The number of pyridine rings is 1. The van der Waals surface area contributed by atoms with Crippen LogP contribution in [0.4, 0.5) is 16.0 Å². The van der Waals surface area contributed by atoms with Crippen LogP contribution in [0.2, 0.25) is 0 Å². The van der Waals surface area contributed by atoms with Crippen molar-refractivity contribution in [2.45, 2.75) is 12.8 Å². The summed E-state index contributed by atoms with van der Waals surface area (Å²) in [6.07, 6.45) is 1.84. The first-order valence-corrected chi connectivity index (χ1v) is 8.93. The Labute approximate surface area is 162 Å². The number of anilines is 2. The third-order valence-electron chi connectivity index (χ3n) is 4.77. The van der Waals surface area contributed by atoms with E-state index in [1.54, 1.807) is 16.6 Å². The fourth-order valence-corrected chi connectivity index (χ4v) is 3.07. The van der Waals surface area contributed by atoms with E-state index >= 15 is 0 Å². The lowest BCUT2D eigenvalue weighted by Gasteiger charge is -2.17. The highest BCUT2D eigenvalue weighted by atomic mass is 19.1. The van der Waals surface area contributed by atoms with Crippen LogP contribution in [0, 0.1) is 5.82 Å². The molecule has 1 atom stereocenters. The maximum absolute atomic E-state index is 13.1. The minimum atomic E-state index is -0.239. The number of nitrogens with one attached hydrogen (secondary N) is 1. The molecule has 0 radical (unpaired) electrons. The molecule has 5 nitrogen and oxygen atoms in total. The van der Waals surface area contributed by atoms with E-state index < -0.39 is 0 Å². The van der Waals surface area contributed by atoms with Gasteiger partial charge < -0.3 is 11.1 Å². The summed E-state index contributed by atoms with van der Waals surface area (Å²) in [6.45, 7) is 6.17. The van der Waals surface area contributed by atoms with Crippen molar-refractivity contribution in [2.75, 3.05) is 11.1 Å². The molecule has 0 amide bonds. The summed E-state index contributed by atoms with van der Waals surface area (Å²) >= 11 is 0. The van der Waals surface area contributed by atoms with Crippen molar-refractivity contribution in [1.82, 2.24) is 14.6 Å². The molecule has 0 aliphatic heterocycles. The first kappa shape index (κ1) is 17.7. The molecule has 2 aromatic heterocycles. The topological polar surface area (TPSA) is 68.2 Å². The van der Waals surface area contributed by atoms with Crippen molar-refractivity contribution in [3.8, 4) is 11.1 Å². The van der Waals surface area contributed by atoms with Gasteiger partial charge in [0.15, 0.2) is 5.65 Å². The number of nitrogens with two attached hydrogens (primary N) is 1. The molecule has 28 heavy (non-hydrogen) atoms. The van der Waals surface area contributed by atoms with Gasteiger partial charge in [0.2, 0.25) is 5.95 Å². The number of hydrogen-bond donors (Lipinski definition) is 2. The number of fused-ring (bicyclic) bond motifs is 1. The molecule has 0 saturated heterocycles. The molecule has 4 aromatic rings. The number of nitrogen functional groups attached to an aromatic ring is 1. The van der Waals surface area contributed by atoms with Crippen molar-refractivity contribution < 1.29 is 4.39 Å². The van der Waals surface area contributed by atoms with Gasteiger partial charge in [-0.25, -0.2) is 8.91 Å². The molecule has 4 rings (SSSR count). The van der Waals surface area contributed by atoms with E-state index in [0.29, 0.717) is 5.65 Å². The van der Waals surface area contributed by atoms with Gasteiger partial charge in [-0.1, -0.05) is 37.8 Å². The molecule has 2 heterocycles. The lowest BCUT2D eigenvalue weighted by molar-refractivity contribution is 0.626. The highest BCUT2D eigenvalue weighted by Gasteiger charge is 2.10. The summed E-state index contributed by atoms with van der Waals surface area (Å²) in [5.74, 6) is 0.0729. The van der Waals surface area contributed by atoms with Crippen LogP contribution >= 0.6 is 0 Å². The lowest BCUT2D eigenvalue weighted by atomic mass is 9.98. The number of hydrogen-bond acceptors (Lipinski definition) is 4. The monoisotopic (exact) mass is 373 g/mol. The van der Waals surface area contributed by atoms with Gasteiger partial charge in [-0.2, -0.15) is 4.98 Å². The van der Waals surface area contributed by atoms with Gasteiger partial charge in [0.1, 0.15) is 5.82 Å². The number of benzene rings is 2. The van der Waals surface area contributed by atoms with Crippen LogP contribution in [0.1, 0.15) is 18.4 Å². The Balaban J connectivity index is 1.49. The molecule has 0 saturated carbocycles. The number of allylic oxidation sites excluding steroid dienone is 1. The fraction of sp³-hybridized carbons (Fsp3) is 0.0909. The van der Waals surface area contributed by atoms with E-state index in [-0.39, 0.29) is 17.7 Å². The maximum atomic E-state index is 13.1. The molecule has 0 aliphatic rings. The Hall–Kier alpha value is -3.67. The molecular weight excluding hydrogens is 353 g/mol. The summed E-state index contributed by atoms with van der Waals surface area (Å²) in [6, 6.07) is 18.5. The molecule has 140 valence electrons. The number of nitrogens with zero attached hydrogens (tertiary/aromatic N) is 3. The van der Waals surface area contributed by atoms with E-state index in [1.165, 1.54) is 12.1 Å². The fourth-order valence-electron chi connectivity index (χ4n) is 3.07. The number of rotatable bonds is 5. The van der Waals surface area contributed by atoms with Crippen LogP contribution in [0.25, 0.3) is 16.8 Å².